The molecule has 1 heterocycles. The van der Waals surface area contributed by atoms with Gasteiger partial charge in [0, 0.05) is 22.5 Å². The Morgan fingerprint density at radius 1 is 1.45 bits per heavy atom. The maximum atomic E-state index is 11.1. The lowest BCUT2D eigenvalue weighted by molar-refractivity contribution is -0.139. The number of rotatable bonds is 7. The molecular formula is C15H16Cl2N2O2S. The average Bonchev–Trinajstić information content (AvgIpc) is 2.94. The first-order valence-corrected chi connectivity index (χ1v) is 8.50. The second kappa shape index (κ2) is 7.92. The number of carboxylic acid groups (broad SMARTS) is 1. The number of nitrogens with zero attached hydrogens (tertiary/aromatic N) is 1. The van der Waals surface area contributed by atoms with Crippen LogP contribution in [0.4, 0.5) is 0 Å². The minimum absolute atomic E-state index is 0.416. The van der Waals surface area contributed by atoms with E-state index in [1.54, 1.807) is 18.2 Å². The number of carbonyl (C=O) groups is 1. The van der Waals surface area contributed by atoms with E-state index in [1.807, 2.05) is 12.3 Å². The molecule has 4 nitrogen and oxygen atoms in total. The van der Waals surface area contributed by atoms with Crippen LogP contribution in [0.5, 0.6) is 0 Å². The van der Waals surface area contributed by atoms with Gasteiger partial charge in [-0.15, -0.1) is 11.3 Å². The summed E-state index contributed by atoms with van der Waals surface area (Å²) in [6, 6.07) is 4.68. The molecule has 0 bridgehead atoms. The van der Waals surface area contributed by atoms with E-state index in [1.165, 1.54) is 11.3 Å². The third-order valence-electron chi connectivity index (χ3n) is 3.13. The minimum Gasteiger partial charge on any atom is -0.480 e. The standard InChI is InChI=1S/C15H16Cl2N2O2S/c1-2-3-12(15(20)21)18-7-14-19-13(8-22-14)10-6-9(16)4-5-11(10)17/h4-6,8,12,18H,2-3,7H2,1H3,(H,20,21). The Kier molecular flexibility index (Phi) is 6.20. The molecule has 7 heteroatoms. The molecule has 0 aliphatic rings. The van der Waals surface area contributed by atoms with Crippen molar-refractivity contribution in [2.45, 2.75) is 32.4 Å². The third-order valence-corrected chi connectivity index (χ3v) is 4.54. The second-order valence-electron chi connectivity index (χ2n) is 4.81. The number of thiazole rings is 1. The van der Waals surface area contributed by atoms with Crippen LogP contribution in [0.25, 0.3) is 11.3 Å². The van der Waals surface area contributed by atoms with Gasteiger partial charge in [-0.05, 0) is 24.6 Å². The topological polar surface area (TPSA) is 62.2 Å². The Balaban J connectivity index is 2.08. The van der Waals surface area contributed by atoms with Crippen molar-refractivity contribution >= 4 is 40.5 Å². The second-order valence-corrected chi connectivity index (χ2v) is 6.60. The summed E-state index contributed by atoms with van der Waals surface area (Å²) in [4.78, 5) is 15.6. The van der Waals surface area contributed by atoms with Gasteiger partial charge in [0.1, 0.15) is 11.0 Å². The molecule has 22 heavy (non-hydrogen) atoms. The van der Waals surface area contributed by atoms with Crippen LogP contribution in [-0.2, 0) is 11.3 Å². The van der Waals surface area contributed by atoms with Crippen LogP contribution in [-0.4, -0.2) is 22.1 Å². The third kappa shape index (κ3) is 4.43. The number of carboxylic acids is 1. The fourth-order valence-corrected chi connectivity index (χ4v) is 3.15. The smallest absolute Gasteiger partial charge is 0.320 e. The fraction of sp³-hybridized carbons (Fsp3) is 0.333. The summed E-state index contributed by atoms with van der Waals surface area (Å²) in [6.07, 6.45) is 1.40. The number of halogens is 2. The Hall–Kier alpha value is -1.14. The van der Waals surface area contributed by atoms with Gasteiger partial charge in [-0.1, -0.05) is 36.5 Å². The van der Waals surface area contributed by atoms with E-state index in [4.69, 9.17) is 28.3 Å². The van der Waals surface area contributed by atoms with Crippen LogP contribution in [0.15, 0.2) is 23.6 Å². The molecule has 2 aromatic rings. The molecule has 1 aromatic heterocycles. The van der Waals surface area contributed by atoms with Gasteiger partial charge in [-0.2, -0.15) is 0 Å². The normalized spacial score (nSPS) is 12.3. The lowest BCUT2D eigenvalue weighted by Gasteiger charge is -2.11. The summed E-state index contributed by atoms with van der Waals surface area (Å²) in [5.74, 6) is -0.837. The predicted molar refractivity (Wildman–Crippen MR) is 90.7 cm³/mol. The van der Waals surface area contributed by atoms with Gasteiger partial charge in [-0.3, -0.25) is 10.1 Å². The molecule has 0 aliphatic carbocycles. The molecule has 0 saturated carbocycles. The van der Waals surface area contributed by atoms with Crippen molar-refractivity contribution in [3.05, 3.63) is 38.6 Å². The summed E-state index contributed by atoms with van der Waals surface area (Å²) in [5, 5.41) is 16.0. The predicted octanol–water partition coefficient (Wildman–Crippen LogP) is 4.46. The molecule has 0 saturated heterocycles. The highest BCUT2D eigenvalue weighted by Crippen LogP contribution is 2.31. The first kappa shape index (κ1) is 17.2. The summed E-state index contributed by atoms with van der Waals surface area (Å²) in [6.45, 7) is 2.38. The first-order valence-electron chi connectivity index (χ1n) is 6.87. The minimum atomic E-state index is -0.837. The largest absolute Gasteiger partial charge is 0.480 e. The lowest BCUT2D eigenvalue weighted by Crippen LogP contribution is -2.35. The molecule has 2 rings (SSSR count). The van der Waals surface area contributed by atoms with Crippen LogP contribution >= 0.6 is 34.5 Å². The number of benzene rings is 1. The summed E-state index contributed by atoms with van der Waals surface area (Å²) < 4.78 is 0. The number of aromatic nitrogens is 1. The molecule has 0 aliphatic heterocycles. The van der Waals surface area contributed by atoms with Crippen LogP contribution in [0, 0.1) is 0 Å². The molecule has 0 radical (unpaired) electrons. The fourth-order valence-electron chi connectivity index (χ4n) is 2.02. The van der Waals surface area contributed by atoms with Gasteiger partial charge in [-0.25, -0.2) is 4.98 Å². The van der Waals surface area contributed by atoms with Crippen LogP contribution < -0.4 is 5.32 Å². The van der Waals surface area contributed by atoms with E-state index in [0.29, 0.717) is 23.0 Å². The number of nitrogens with one attached hydrogen (secondary N) is 1. The van der Waals surface area contributed by atoms with Crippen molar-refractivity contribution in [2.24, 2.45) is 0 Å². The quantitative estimate of drug-likeness (QED) is 0.766. The molecular weight excluding hydrogens is 343 g/mol. The van der Waals surface area contributed by atoms with Crippen molar-refractivity contribution in [1.29, 1.82) is 0 Å². The summed E-state index contributed by atoms with van der Waals surface area (Å²) in [5.41, 5.74) is 1.52. The zero-order valence-electron chi connectivity index (χ0n) is 12.0. The maximum Gasteiger partial charge on any atom is 0.320 e. The van der Waals surface area contributed by atoms with Crippen LogP contribution in [0.2, 0.25) is 10.0 Å². The highest BCUT2D eigenvalue weighted by Gasteiger charge is 2.16. The van der Waals surface area contributed by atoms with Gasteiger partial charge in [0.25, 0.3) is 0 Å². The Labute approximate surface area is 143 Å². The van der Waals surface area contributed by atoms with E-state index in [9.17, 15) is 4.79 Å². The van der Waals surface area contributed by atoms with E-state index in [0.717, 1.165) is 22.7 Å². The molecule has 1 aromatic carbocycles. The Morgan fingerprint density at radius 2 is 2.23 bits per heavy atom. The number of hydrogen-bond acceptors (Lipinski definition) is 4. The van der Waals surface area contributed by atoms with Crippen molar-refractivity contribution in [3.8, 4) is 11.3 Å². The monoisotopic (exact) mass is 358 g/mol. The van der Waals surface area contributed by atoms with Crippen molar-refractivity contribution in [2.75, 3.05) is 0 Å². The molecule has 0 fully saturated rings. The molecule has 1 atom stereocenters. The van der Waals surface area contributed by atoms with E-state index in [-0.39, 0.29) is 0 Å². The number of aliphatic carboxylic acids is 1. The Morgan fingerprint density at radius 3 is 2.91 bits per heavy atom. The summed E-state index contributed by atoms with van der Waals surface area (Å²) >= 11 is 13.6. The molecule has 1 unspecified atom stereocenters. The molecule has 2 N–H and O–H groups in total. The molecule has 118 valence electrons. The highest BCUT2D eigenvalue weighted by molar-refractivity contribution is 7.09. The Bertz CT molecular complexity index is 661. The lowest BCUT2D eigenvalue weighted by atomic mass is 10.1. The SMILES string of the molecule is CCCC(NCc1nc(-c2cc(Cl)ccc2Cl)cs1)C(=O)O. The van der Waals surface area contributed by atoms with Gasteiger partial charge in [0.15, 0.2) is 0 Å². The average molecular weight is 359 g/mol. The van der Waals surface area contributed by atoms with Crippen LogP contribution in [0.1, 0.15) is 24.8 Å². The first-order chi connectivity index (χ1) is 10.5. The zero-order valence-corrected chi connectivity index (χ0v) is 14.3. The number of hydrogen-bond donors (Lipinski definition) is 2. The van der Waals surface area contributed by atoms with E-state index >= 15 is 0 Å². The van der Waals surface area contributed by atoms with Gasteiger partial charge >= 0.3 is 5.97 Å². The van der Waals surface area contributed by atoms with Crippen molar-refractivity contribution in [1.82, 2.24) is 10.3 Å². The van der Waals surface area contributed by atoms with E-state index < -0.39 is 12.0 Å². The van der Waals surface area contributed by atoms with Gasteiger partial charge < -0.3 is 5.11 Å². The van der Waals surface area contributed by atoms with Gasteiger partial charge in [0.2, 0.25) is 0 Å². The van der Waals surface area contributed by atoms with Crippen molar-refractivity contribution in [3.63, 3.8) is 0 Å². The maximum absolute atomic E-state index is 11.1. The van der Waals surface area contributed by atoms with Gasteiger partial charge in [0.05, 0.1) is 10.7 Å². The van der Waals surface area contributed by atoms with Crippen molar-refractivity contribution < 1.29 is 9.90 Å². The van der Waals surface area contributed by atoms with Crippen LogP contribution in [0.3, 0.4) is 0 Å². The highest BCUT2D eigenvalue weighted by atomic mass is 35.5. The van der Waals surface area contributed by atoms with E-state index in [2.05, 4.69) is 10.3 Å². The summed E-state index contributed by atoms with van der Waals surface area (Å²) in [7, 11) is 0. The molecule has 0 amide bonds. The molecule has 0 spiro atoms. The zero-order chi connectivity index (χ0) is 16.1.